The highest BCUT2D eigenvalue weighted by atomic mass is 79.9. The highest BCUT2D eigenvalue weighted by Gasteiger charge is 2.33. The van der Waals surface area contributed by atoms with Crippen molar-refractivity contribution in [2.24, 2.45) is 0 Å². The van der Waals surface area contributed by atoms with Crippen molar-refractivity contribution >= 4 is 32.8 Å². The van der Waals surface area contributed by atoms with Crippen LogP contribution in [0.3, 0.4) is 0 Å². The molecule has 2 rings (SSSR count). The Kier molecular flexibility index (Phi) is 2.65. The van der Waals surface area contributed by atoms with Crippen LogP contribution < -0.4 is 5.11 Å². The van der Waals surface area contributed by atoms with Gasteiger partial charge in [-0.3, -0.25) is 0 Å². The second kappa shape index (κ2) is 3.76. The molecule has 17 heavy (non-hydrogen) atoms. The van der Waals surface area contributed by atoms with Gasteiger partial charge in [0.25, 0.3) is 0 Å². The number of benzene rings is 1. The van der Waals surface area contributed by atoms with Gasteiger partial charge in [0.05, 0.1) is 17.2 Å². The Labute approximate surface area is 101 Å². The SMILES string of the molecule is O=C([O-])c1cc2c(C(F)(F)F)cc(Br)cc2[nH]1. The van der Waals surface area contributed by atoms with Gasteiger partial charge in [-0.05, 0) is 18.2 Å². The van der Waals surface area contributed by atoms with Gasteiger partial charge < -0.3 is 14.9 Å². The number of hydrogen-bond acceptors (Lipinski definition) is 2. The van der Waals surface area contributed by atoms with E-state index < -0.39 is 17.7 Å². The summed E-state index contributed by atoms with van der Waals surface area (Å²) in [5.74, 6) is -1.55. The van der Waals surface area contributed by atoms with E-state index in [9.17, 15) is 23.1 Å². The minimum Gasteiger partial charge on any atom is -0.543 e. The number of carboxylic acids is 1. The van der Waals surface area contributed by atoms with Crippen LogP contribution in [0, 0.1) is 0 Å². The molecule has 2 aromatic rings. The summed E-state index contributed by atoms with van der Waals surface area (Å²) >= 11 is 2.94. The molecule has 0 saturated heterocycles. The second-order valence-electron chi connectivity index (χ2n) is 3.38. The van der Waals surface area contributed by atoms with E-state index in [1.807, 2.05) is 0 Å². The summed E-state index contributed by atoms with van der Waals surface area (Å²) in [6, 6.07) is 3.19. The maximum absolute atomic E-state index is 12.7. The van der Waals surface area contributed by atoms with Crippen LogP contribution in [0.2, 0.25) is 0 Å². The summed E-state index contributed by atoms with van der Waals surface area (Å²) < 4.78 is 38.3. The molecule has 0 aliphatic rings. The molecule has 1 aromatic carbocycles. The molecule has 0 atom stereocenters. The molecule has 1 N–H and O–H groups in total. The Bertz CT molecular complexity index is 603. The van der Waals surface area contributed by atoms with Gasteiger partial charge in [0.2, 0.25) is 0 Å². The summed E-state index contributed by atoms with van der Waals surface area (Å²) in [5, 5.41) is 10.4. The third-order valence-corrected chi connectivity index (χ3v) is 2.69. The first-order valence-corrected chi connectivity index (χ1v) is 5.19. The standard InChI is InChI=1S/C10H5BrF3NO2/c11-4-1-6(10(12,13)14)5-3-8(9(16)17)15-7(5)2-4/h1-3,15H,(H,16,17)/p-1. The van der Waals surface area contributed by atoms with Crippen LogP contribution in [0.5, 0.6) is 0 Å². The summed E-state index contributed by atoms with van der Waals surface area (Å²) in [5.41, 5.74) is -1.19. The lowest BCUT2D eigenvalue weighted by Gasteiger charge is -2.08. The van der Waals surface area contributed by atoms with E-state index in [-0.39, 0.29) is 21.1 Å². The summed E-state index contributed by atoms with van der Waals surface area (Å²) in [4.78, 5) is 12.9. The molecule has 0 aliphatic heterocycles. The molecular weight excluding hydrogens is 303 g/mol. The molecule has 0 unspecified atom stereocenters. The smallest absolute Gasteiger partial charge is 0.417 e. The molecule has 0 saturated carbocycles. The predicted octanol–water partition coefficient (Wildman–Crippen LogP) is 2.31. The van der Waals surface area contributed by atoms with Crippen molar-refractivity contribution in [1.29, 1.82) is 0 Å². The fourth-order valence-corrected chi connectivity index (χ4v) is 2.00. The topological polar surface area (TPSA) is 55.9 Å². The Morgan fingerprint density at radius 1 is 1.29 bits per heavy atom. The van der Waals surface area contributed by atoms with Gasteiger partial charge >= 0.3 is 6.18 Å². The number of fused-ring (bicyclic) bond motifs is 1. The molecule has 0 spiro atoms. The third-order valence-electron chi connectivity index (χ3n) is 2.23. The van der Waals surface area contributed by atoms with Crippen molar-refractivity contribution < 1.29 is 23.1 Å². The van der Waals surface area contributed by atoms with Crippen LogP contribution in [0.1, 0.15) is 16.1 Å². The number of rotatable bonds is 1. The average Bonchev–Trinajstić information content (AvgIpc) is 2.58. The number of aromatic nitrogens is 1. The van der Waals surface area contributed by atoms with Gasteiger partial charge in [-0.1, -0.05) is 15.9 Å². The zero-order valence-electron chi connectivity index (χ0n) is 8.06. The molecule has 0 amide bonds. The van der Waals surface area contributed by atoms with Gasteiger partial charge in [-0.25, -0.2) is 0 Å². The minimum atomic E-state index is -4.55. The monoisotopic (exact) mass is 306 g/mol. The van der Waals surface area contributed by atoms with Crippen LogP contribution in [0.15, 0.2) is 22.7 Å². The molecule has 1 aromatic heterocycles. The lowest BCUT2D eigenvalue weighted by Crippen LogP contribution is -2.22. The Balaban J connectivity index is 2.79. The molecule has 90 valence electrons. The lowest BCUT2D eigenvalue weighted by molar-refractivity contribution is -0.255. The summed E-state index contributed by atoms with van der Waals surface area (Å²) in [7, 11) is 0. The lowest BCUT2D eigenvalue weighted by atomic mass is 10.1. The van der Waals surface area contributed by atoms with E-state index >= 15 is 0 Å². The van der Waals surface area contributed by atoms with Gasteiger partial charge in [-0.2, -0.15) is 13.2 Å². The molecule has 0 fully saturated rings. The van der Waals surface area contributed by atoms with Gasteiger partial charge in [0, 0.05) is 15.4 Å². The number of hydrogen-bond donors (Lipinski definition) is 1. The molecule has 0 aliphatic carbocycles. The number of carbonyl (C=O) groups excluding carboxylic acids is 1. The van der Waals surface area contributed by atoms with Crippen molar-refractivity contribution in [3.8, 4) is 0 Å². The number of alkyl halides is 3. The fraction of sp³-hybridized carbons (Fsp3) is 0.100. The number of nitrogens with one attached hydrogen (secondary N) is 1. The number of halogens is 4. The molecular formula is C10H4BrF3NO2-. The van der Waals surface area contributed by atoms with Crippen LogP contribution in [0.4, 0.5) is 13.2 Å². The van der Waals surface area contributed by atoms with Gasteiger partial charge in [0.1, 0.15) is 0 Å². The summed E-state index contributed by atoms with van der Waals surface area (Å²) in [6.45, 7) is 0. The van der Waals surface area contributed by atoms with Crippen molar-refractivity contribution in [3.05, 3.63) is 33.9 Å². The first-order chi connectivity index (χ1) is 7.79. The largest absolute Gasteiger partial charge is 0.543 e. The number of carbonyl (C=O) groups is 1. The van der Waals surface area contributed by atoms with Crippen molar-refractivity contribution in [1.82, 2.24) is 4.98 Å². The maximum atomic E-state index is 12.7. The quantitative estimate of drug-likeness (QED) is 0.879. The second-order valence-corrected chi connectivity index (χ2v) is 4.30. The third kappa shape index (κ3) is 2.14. The number of aromatic amines is 1. The zero-order valence-corrected chi connectivity index (χ0v) is 9.65. The highest BCUT2D eigenvalue weighted by molar-refractivity contribution is 9.10. The normalized spacial score (nSPS) is 12.0. The average molecular weight is 307 g/mol. The number of carboxylic acid groups (broad SMARTS) is 1. The molecule has 7 heteroatoms. The molecule has 3 nitrogen and oxygen atoms in total. The predicted molar refractivity (Wildman–Crippen MR) is 55.3 cm³/mol. The molecule has 0 bridgehead atoms. The van der Waals surface area contributed by atoms with Gasteiger partial charge in [0.15, 0.2) is 0 Å². The van der Waals surface area contributed by atoms with Crippen LogP contribution in [-0.4, -0.2) is 11.0 Å². The minimum absolute atomic E-state index is 0.0888. The number of H-pyrrole nitrogens is 1. The first kappa shape index (κ1) is 12.0. The van der Waals surface area contributed by atoms with Crippen LogP contribution in [-0.2, 0) is 6.18 Å². The zero-order chi connectivity index (χ0) is 12.8. The van der Waals surface area contributed by atoms with Crippen LogP contribution >= 0.6 is 15.9 Å². The van der Waals surface area contributed by atoms with Gasteiger partial charge in [-0.15, -0.1) is 0 Å². The molecule has 0 radical (unpaired) electrons. The van der Waals surface area contributed by atoms with Crippen molar-refractivity contribution in [2.75, 3.05) is 0 Å². The Morgan fingerprint density at radius 3 is 2.47 bits per heavy atom. The van der Waals surface area contributed by atoms with E-state index in [2.05, 4.69) is 20.9 Å². The Morgan fingerprint density at radius 2 is 1.94 bits per heavy atom. The van der Waals surface area contributed by atoms with E-state index in [0.29, 0.717) is 0 Å². The van der Waals surface area contributed by atoms with E-state index in [1.165, 1.54) is 6.07 Å². The molecule has 1 heterocycles. The van der Waals surface area contributed by atoms with Crippen LogP contribution in [0.25, 0.3) is 10.9 Å². The van der Waals surface area contributed by atoms with E-state index in [4.69, 9.17) is 0 Å². The van der Waals surface area contributed by atoms with E-state index in [0.717, 1.165) is 12.1 Å². The first-order valence-electron chi connectivity index (χ1n) is 4.40. The van der Waals surface area contributed by atoms with Crippen molar-refractivity contribution in [2.45, 2.75) is 6.18 Å². The van der Waals surface area contributed by atoms with E-state index in [1.54, 1.807) is 0 Å². The van der Waals surface area contributed by atoms with Crippen molar-refractivity contribution in [3.63, 3.8) is 0 Å². The summed E-state index contributed by atoms with van der Waals surface area (Å²) in [6.07, 6.45) is -4.55. The fourth-order valence-electron chi connectivity index (χ4n) is 1.55. The number of aromatic carboxylic acids is 1. The Hall–Kier alpha value is -1.50. The maximum Gasteiger partial charge on any atom is 0.417 e. The highest BCUT2D eigenvalue weighted by Crippen LogP contribution is 2.37.